The number of hydrogen-bond acceptors (Lipinski definition) is 3. The Balaban J connectivity index is 1.58. The first kappa shape index (κ1) is 21.8. The smallest absolute Gasteiger partial charge is 0.123 e. The molecule has 0 aliphatic carbocycles. The van der Waals surface area contributed by atoms with Gasteiger partial charge in [-0.15, -0.1) is 0 Å². The number of fused-ring (bicyclic) bond motifs is 1. The number of aliphatic hydroxyl groups excluding tert-OH is 1. The van der Waals surface area contributed by atoms with Crippen molar-refractivity contribution in [2.75, 3.05) is 5.32 Å². The van der Waals surface area contributed by atoms with Crippen LogP contribution in [0.5, 0.6) is 0 Å². The van der Waals surface area contributed by atoms with Gasteiger partial charge >= 0.3 is 0 Å². The van der Waals surface area contributed by atoms with Gasteiger partial charge in [-0.3, -0.25) is 0 Å². The third-order valence-electron chi connectivity index (χ3n) is 6.25. The molecule has 0 atom stereocenters. The van der Waals surface area contributed by atoms with Crippen LogP contribution in [-0.4, -0.2) is 10.1 Å². The van der Waals surface area contributed by atoms with Crippen LogP contribution in [0.2, 0.25) is 0 Å². The number of aryl methyl sites for hydroxylation is 1. The molecule has 0 amide bonds. The van der Waals surface area contributed by atoms with Crippen LogP contribution in [0.4, 0.5) is 15.8 Å². The van der Waals surface area contributed by atoms with Crippen molar-refractivity contribution in [1.29, 1.82) is 0 Å². The molecular formula is C30H25FN2O. The lowest BCUT2D eigenvalue weighted by atomic mass is 9.93. The Bertz CT molecular complexity index is 1500. The van der Waals surface area contributed by atoms with Gasteiger partial charge in [-0.25, -0.2) is 9.37 Å². The molecule has 0 saturated heterocycles. The second-order valence-electron chi connectivity index (χ2n) is 8.45. The summed E-state index contributed by atoms with van der Waals surface area (Å²) in [7, 11) is 0. The molecule has 1 heterocycles. The summed E-state index contributed by atoms with van der Waals surface area (Å²) in [6, 6.07) is 29.2. The molecule has 5 rings (SSSR count). The minimum absolute atomic E-state index is 0.170. The van der Waals surface area contributed by atoms with E-state index >= 15 is 0 Å². The van der Waals surface area contributed by atoms with E-state index in [2.05, 4.69) is 42.6 Å². The van der Waals surface area contributed by atoms with Crippen molar-refractivity contribution in [2.24, 2.45) is 0 Å². The van der Waals surface area contributed by atoms with Crippen LogP contribution in [0.15, 0.2) is 91.0 Å². The molecule has 0 bridgehead atoms. The van der Waals surface area contributed by atoms with Crippen molar-refractivity contribution in [2.45, 2.75) is 20.5 Å². The largest absolute Gasteiger partial charge is 0.392 e. The highest BCUT2D eigenvalue weighted by Crippen LogP contribution is 2.36. The summed E-state index contributed by atoms with van der Waals surface area (Å²) >= 11 is 0. The van der Waals surface area contributed by atoms with Gasteiger partial charge in [0, 0.05) is 27.9 Å². The standard InChI is InChI=1S/C30H25FN2O/c1-19-16-21(30-20(2)27(18-34)26-17-22(31)13-15-29(26)33-30)12-14-24(19)25-10-6-7-11-28(25)32-23-8-4-3-5-9-23/h3-17,32,34H,18H2,1-2H3. The number of rotatable bonds is 5. The van der Waals surface area contributed by atoms with Gasteiger partial charge in [-0.2, -0.15) is 0 Å². The fourth-order valence-corrected chi connectivity index (χ4v) is 4.50. The van der Waals surface area contributed by atoms with Gasteiger partial charge in [0.15, 0.2) is 0 Å². The highest BCUT2D eigenvalue weighted by molar-refractivity contribution is 5.88. The van der Waals surface area contributed by atoms with E-state index in [9.17, 15) is 9.50 Å². The van der Waals surface area contributed by atoms with Gasteiger partial charge in [0.25, 0.3) is 0 Å². The van der Waals surface area contributed by atoms with Crippen LogP contribution in [0.3, 0.4) is 0 Å². The zero-order chi connectivity index (χ0) is 23.7. The molecular weight excluding hydrogens is 423 g/mol. The fourth-order valence-electron chi connectivity index (χ4n) is 4.50. The number of aliphatic hydroxyl groups is 1. The maximum atomic E-state index is 13.8. The molecule has 0 radical (unpaired) electrons. The van der Waals surface area contributed by atoms with Crippen LogP contribution >= 0.6 is 0 Å². The molecule has 0 aliphatic rings. The van der Waals surface area contributed by atoms with Gasteiger partial charge in [0.2, 0.25) is 0 Å². The summed E-state index contributed by atoms with van der Waals surface area (Å²) in [5.74, 6) is -0.334. The molecule has 3 nitrogen and oxygen atoms in total. The lowest BCUT2D eigenvalue weighted by Crippen LogP contribution is -1.99. The predicted molar refractivity (Wildman–Crippen MR) is 138 cm³/mol. The molecule has 0 saturated carbocycles. The van der Waals surface area contributed by atoms with Crippen molar-refractivity contribution in [1.82, 2.24) is 4.98 Å². The van der Waals surface area contributed by atoms with E-state index in [-0.39, 0.29) is 12.4 Å². The number of aromatic nitrogens is 1. The van der Waals surface area contributed by atoms with Gasteiger partial charge in [-0.05, 0) is 78.6 Å². The van der Waals surface area contributed by atoms with Crippen LogP contribution < -0.4 is 5.32 Å². The second kappa shape index (κ2) is 9.08. The molecule has 0 aliphatic heterocycles. The molecule has 0 spiro atoms. The first-order chi connectivity index (χ1) is 16.5. The Morgan fingerprint density at radius 2 is 1.59 bits per heavy atom. The van der Waals surface area contributed by atoms with E-state index in [1.165, 1.54) is 12.1 Å². The highest BCUT2D eigenvalue weighted by atomic mass is 19.1. The average molecular weight is 449 g/mol. The van der Waals surface area contributed by atoms with E-state index in [4.69, 9.17) is 4.98 Å². The summed E-state index contributed by atoms with van der Waals surface area (Å²) in [5, 5.41) is 14.2. The average Bonchev–Trinajstić information content (AvgIpc) is 2.85. The summed E-state index contributed by atoms with van der Waals surface area (Å²) < 4.78 is 13.8. The Hall–Kier alpha value is -4.02. The molecule has 34 heavy (non-hydrogen) atoms. The molecule has 1 aromatic heterocycles. The molecule has 2 N–H and O–H groups in total. The maximum Gasteiger partial charge on any atom is 0.123 e. The van der Waals surface area contributed by atoms with Gasteiger partial charge < -0.3 is 10.4 Å². The van der Waals surface area contributed by atoms with Gasteiger partial charge in [0.1, 0.15) is 5.82 Å². The second-order valence-corrected chi connectivity index (χ2v) is 8.45. The Morgan fingerprint density at radius 3 is 2.35 bits per heavy atom. The van der Waals surface area contributed by atoms with Crippen molar-refractivity contribution in [3.8, 4) is 22.4 Å². The van der Waals surface area contributed by atoms with Crippen molar-refractivity contribution in [3.05, 3.63) is 114 Å². The third kappa shape index (κ3) is 4.04. The van der Waals surface area contributed by atoms with Crippen LogP contribution in [0.25, 0.3) is 33.3 Å². The van der Waals surface area contributed by atoms with Crippen LogP contribution in [-0.2, 0) is 6.61 Å². The first-order valence-corrected chi connectivity index (χ1v) is 11.3. The minimum atomic E-state index is -0.334. The Morgan fingerprint density at radius 1 is 0.824 bits per heavy atom. The topological polar surface area (TPSA) is 45.2 Å². The van der Waals surface area contributed by atoms with E-state index in [1.807, 2.05) is 49.4 Å². The monoisotopic (exact) mass is 448 g/mol. The summed E-state index contributed by atoms with van der Waals surface area (Å²) in [5.41, 5.74) is 9.44. The van der Waals surface area contributed by atoms with Crippen LogP contribution in [0.1, 0.15) is 16.7 Å². The van der Waals surface area contributed by atoms with Crippen molar-refractivity contribution < 1.29 is 9.50 Å². The minimum Gasteiger partial charge on any atom is -0.392 e. The Labute approximate surface area is 198 Å². The summed E-state index contributed by atoms with van der Waals surface area (Å²) in [6.45, 7) is 3.86. The number of nitrogens with zero attached hydrogens (tertiary/aromatic N) is 1. The van der Waals surface area contributed by atoms with Crippen molar-refractivity contribution >= 4 is 22.3 Å². The number of anilines is 2. The molecule has 4 aromatic carbocycles. The highest BCUT2D eigenvalue weighted by Gasteiger charge is 2.15. The van der Waals surface area contributed by atoms with Gasteiger partial charge in [-0.1, -0.05) is 48.5 Å². The summed E-state index contributed by atoms with van der Waals surface area (Å²) in [4.78, 5) is 4.82. The first-order valence-electron chi connectivity index (χ1n) is 11.3. The number of benzene rings is 4. The SMILES string of the molecule is Cc1cc(-c2nc3ccc(F)cc3c(CO)c2C)ccc1-c1ccccc1Nc1ccccc1. The Kier molecular flexibility index (Phi) is 5.83. The quantitative estimate of drug-likeness (QED) is 0.292. The molecule has 5 aromatic rings. The number of halogens is 1. The number of hydrogen-bond donors (Lipinski definition) is 2. The summed E-state index contributed by atoms with van der Waals surface area (Å²) in [6.07, 6.45) is 0. The predicted octanol–water partition coefficient (Wildman–Crippen LogP) is 7.56. The fraction of sp³-hybridized carbons (Fsp3) is 0.100. The molecule has 168 valence electrons. The van der Waals surface area contributed by atoms with Gasteiger partial charge in [0.05, 0.1) is 17.8 Å². The van der Waals surface area contributed by atoms with Crippen molar-refractivity contribution in [3.63, 3.8) is 0 Å². The van der Waals surface area contributed by atoms with E-state index < -0.39 is 0 Å². The maximum absolute atomic E-state index is 13.8. The lowest BCUT2D eigenvalue weighted by molar-refractivity contribution is 0.282. The third-order valence-corrected chi connectivity index (χ3v) is 6.25. The van der Waals surface area contributed by atoms with E-state index in [0.29, 0.717) is 16.5 Å². The molecule has 0 unspecified atom stereocenters. The molecule has 4 heteroatoms. The normalized spacial score (nSPS) is 11.1. The zero-order valence-corrected chi connectivity index (χ0v) is 19.1. The number of nitrogens with one attached hydrogen (secondary N) is 1. The molecule has 0 fully saturated rings. The number of para-hydroxylation sites is 2. The number of pyridine rings is 1. The van der Waals surface area contributed by atoms with E-state index in [1.54, 1.807) is 6.07 Å². The van der Waals surface area contributed by atoms with E-state index in [0.717, 1.165) is 44.9 Å². The lowest BCUT2D eigenvalue weighted by Gasteiger charge is -2.17. The van der Waals surface area contributed by atoms with Crippen LogP contribution in [0, 0.1) is 19.7 Å². The zero-order valence-electron chi connectivity index (χ0n) is 19.1.